The molecule has 1 atom stereocenters. The van der Waals surface area contributed by atoms with Crippen molar-refractivity contribution in [3.05, 3.63) is 5.82 Å². The lowest BCUT2D eigenvalue weighted by molar-refractivity contribution is -0.156. The first kappa shape index (κ1) is 13.4. The number of carboxylic acid groups (broad SMARTS) is 1. The minimum Gasteiger partial charge on any atom is -0.481 e. The zero-order valence-corrected chi connectivity index (χ0v) is 11.2. The first-order valence-corrected chi connectivity index (χ1v) is 6.86. The number of ether oxygens (including phenoxy) is 2. The lowest BCUT2D eigenvalue weighted by Gasteiger charge is -2.33. The molecule has 0 spiro atoms. The summed E-state index contributed by atoms with van der Waals surface area (Å²) in [5.74, 6) is 0.0928. The van der Waals surface area contributed by atoms with E-state index >= 15 is 0 Å². The van der Waals surface area contributed by atoms with Crippen LogP contribution in [0.1, 0.15) is 31.0 Å². The second-order valence-electron chi connectivity index (χ2n) is 5.45. The van der Waals surface area contributed by atoms with Gasteiger partial charge in [-0.3, -0.25) is 4.79 Å². The van der Waals surface area contributed by atoms with E-state index in [0.29, 0.717) is 45.8 Å². The van der Waals surface area contributed by atoms with Crippen molar-refractivity contribution in [1.82, 2.24) is 20.2 Å². The van der Waals surface area contributed by atoms with Crippen LogP contribution in [0, 0.1) is 5.41 Å². The molecule has 0 bridgehead atoms. The van der Waals surface area contributed by atoms with Gasteiger partial charge in [-0.1, -0.05) is 0 Å². The average molecular weight is 282 g/mol. The number of aromatic nitrogens is 4. The average Bonchev–Trinajstić information content (AvgIpc) is 3.10. The van der Waals surface area contributed by atoms with Crippen molar-refractivity contribution in [2.24, 2.45) is 5.41 Å². The van der Waals surface area contributed by atoms with Crippen LogP contribution in [-0.4, -0.2) is 57.7 Å². The maximum atomic E-state index is 11.7. The molecule has 0 aliphatic carbocycles. The van der Waals surface area contributed by atoms with Crippen molar-refractivity contribution >= 4 is 5.97 Å². The van der Waals surface area contributed by atoms with Gasteiger partial charge in [-0.25, -0.2) is 4.68 Å². The van der Waals surface area contributed by atoms with Crippen LogP contribution >= 0.6 is 0 Å². The van der Waals surface area contributed by atoms with E-state index in [1.807, 2.05) is 0 Å². The maximum absolute atomic E-state index is 11.7. The molecule has 2 aliphatic heterocycles. The summed E-state index contributed by atoms with van der Waals surface area (Å²) in [5.41, 5.74) is -0.832. The summed E-state index contributed by atoms with van der Waals surface area (Å²) < 4.78 is 12.3. The molecule has 2 aliphatic rings. The van der Waals surface area contributed by atoms with Gasteiger partial charge in [0.1, 0.15) is 0 Å². The summed E-state index contributed by atoms with van der Waals surface area (Å²) >= 11 is 0. The molecule has 0 radical (unpaired) electrons. The molecule has 1 unspecified atom stereocenters. The standard InChI is InChI=1S/C12H18N4O4/c17-11(18)12(2-5-19-6-3-12)8-16-10(13-14-15-16)9-1-4-20-7-9/h9H,1-8H2,(H,17,18). The highest BCUT2D eigenvalue weighted by Crippen LogP contribution is 2.34. The first-order valence-electron chi connectivity index (χ1n) is 6.86. The number of tetrazole rings is 1. The van der Waals surface area contributed by atoms with E-state index in [1.54, 1.807) is 4.68 Å². The first-order chi connectivity index (χ1) is 9.71. The minimum atomic E-state index is -0.832. The molecule has 2 fully saturated rings. The van der Waals surface area contributed by atoms with E-state index in [9.17, 15) is 9.90 Å². The molecule has 3 heterocycles. The number of carboxylic acids is 1. The fourth-order valence-corrected chi connectivity index (χ4v) is 2.84. The number of carbonyl (C=O) groups is 1. The predicted molar refractivity (Wildman–Crippen MR) is 66.1 cm³/mol. The number of aliphatic carboxylic acids is 1. The summed E-state index contributed by atoms with van der Waals surface area (Å²) in [6.07, 6.45) is 1.86. The summed E-state index contributed by atoms with van der Waals surface area (Å²) in [5, 5.41) is 21.3. The Hall–Kier alpha value is -1.54. The van der Waals surface area contributed by atoms with Gasteiger partial charge < -0.3 is 14.6 Å². The third-order valence-electron chi connectivity index (χ3n) is 4.21. The fraction of sp³-hybridized carbons (Fsp3) is 0.833. The van der Waals surface area contributed by atoms with E-state index < -0.39 is 11.4 Å². The Bertz CT molecular complexity index is 478. The Labute approximate surface area is 116 Å². The largest absolute Gasteiger partial charge is 0.481 e. The zero-order valence-electron chi connectivity index (χ0n) is 11.2. The Kier molecular flexibility index (Phi) is 3.66. The number of hydrogen-bond donors (Lipinski definition) is 1. The highest BCUT2D eigenvalue weighted by Gasteiger charge is 2.42. The van der Waals surface area contributed by atoms with Gasteiger partial charge in [0, 0.05) is 25.7 Å². The van der Waals surface area contributed by atoms with E-state index in [1.165, 1.54) is 0 Å². The van der Waals surface area contributed by atoms with Crippen LogP contribution in [-0.2, 0) is 20.8 Å². The van der Waals surface area contributed by atoms with Crippen molar-refractivity contribution in [3.63, 3.8) is 0 Å². The molecule has 0 saturated carbocycles. The van der Waals surface area contributed by atoms with Crippen LogP contribution in [0.4, 0.5) is 0 Å². The Morgan fingerprint density at radius 1 is 1.35 bits per heavy atom. The van der Waals surface area contributed by atoms with Gasteiger partial charge in [-0.05, 0) is 29.7 Å². The van der Waals surface area contributed by atoms with Gasteiger partial charge in [0.05, 0.1) is 18.6 Å². The zero-order chi connectivity index (χ0) is 14.0. The Balaban J connectivity index is 1.82. The SMILES string of the molecule is O=C(O)C1(Cn2nnnc2C2CCOC2)CCOCC1. The molecule has 1 N–H and O–H groups in total. The van der Waals surface area contributed by atoms with E-state index in [4.69, 9.17) is 9.47 Å². The van der Waals surface area contributed by atoms with E-state index in [0.717, 1.165) is 12.2 Å². The molecule has 110 valence electrons. The van der Waals surface area contributed by atoms with Crippen molar-refractivity contribution in [2.75, 3.05) is 26.4 Å². The van der Waals surface area contributed by atoms with Gasteiger partial charge >= 0.3 is 5.97 Å². The van der Waals surface area contributed by atoms with Crippen molar-refractivity contribution in [1.29, 1.82) is 0 Å². The molecule has 8 nitrogen and oxygen atoms in total. The number of nitrogens with zero attached hydrogens (tertiary/aromatic N) is 4. The molecule has 0 amide bonds. The monoisotopic (exact) mass is 282 g/mol. The molecular weight excluding hydrogens is 264 g/mol. The third kappa shape index (κ3) is 2.40. The maximum Gasteiger partial charge on any atom is 0.311 e. The van der Waals surface area contributed by atoms with Gasteiger partial charge in [-0.15, -0.1) is 5.10 Å². The molecule has 3 rings (SSSR count). The van der Waals surface area contributed by atoms with E-state index in [-0.39, 0.29) is 5.92 Å². The molecule has 1 aromatic rings. The quantitative estimate of drug-likeness (QED) is 0.833. The smallest absolute Gasteiger partial charge is 0.311 e. The molecule has 2 saturated heterocycles. The number of rotatable bonds is 4. The van der Waals surface area contributed by atoms with Crippen LogP contribution in [0.3, 0.4) is 0 Å². The van der Waals surface area contributed by atoms with Crippen LogP contribution in [0.15, 0.2) is 0 Å². The van der Waals surface area contributed by atoms with Gasteiger partial charge in [0.25, 0.3) is 0 Å². The lowest BCUT2D eigenvalue weighted by Crippen LogP contribution is -2.41. The summed E-state index contributed by atoms with van der Waals surface area (Å²) in [7, 11) is 0. The second-order valence-corrected chi connectivity index (χ2v) is 5.45. The summed E-state index contributed by atoms with van der Waals surface area (Å²) in [6.45, 7) is 2.54. The molecule has 1 aromatic heterocycles. The molecule has 20 heavy (non-hydrogen) atoms. The predicted octanol–water partition coefficient (Wildman–Crippen LogP) is 0.0584. The lowest BCUT2D eigenvalue weighted by atomic mass is 9.80. The third-order valence-corrected chi connectivity index (χ3v) is 4.21. The second kappa shape index (κ2) is 5.45. The molecule has 0 aromatic carbocycles. The van der Waals surface area contributed by atoms with Gasteiger partial charge in [0.15, 0.2) is 5.82 Å². The Morgan fingerprint density at radius 2 is 2.15 bits per heavy atom. The van der Waals surface area contributed by atoms with Crippen molar-refractivity contribution in [2.45, 2.75) is 31.7 Å². The minimum absolute atomic E-state index is 0.163. The van der Waals surface area contributed by atoms with Crippen LogP contribution in [0.2, 0.25) is 0 Å². The van der Waals surface area contributed by atoms with Crippen LogP contribution < -0.4 is 0 Å². The van der Waals surface area contributed by atoms with Gasteiger partial charge in [0.2, 0.25) is 0 Å². The highest BCUT2D eigenvalue weighted by molar-refractivity contribution is 5.74. The van der Waals surface area contributed by atoms with Crippen LogP contribution in [0.25, 0.3) is 0 Å². The van der Waals surface area contributed by atoms with Crippen molar-refractivity contribution in [3.8, 4) is 0 Å². The number of hydrogen-bond acceptors (Lipinski definition) is 6. The highest BCUT2D eigenvalue weighted by atomic mass is 16.5. The Morgan fingerprint density at radius 3 is 2.80 bits per heavy atom. The molecular formula is C12H18N4O4. The molecule has 8 heteroatoms. The van der Waals surface area contributed by atoms with Gasteiger partial charge in [-0.2, -0.15) is 0 Å². The topological polar surface area (TPSA) is 99.4 Å². The summed E-state index contributed by atoms with van der Waals surface area (Å²) in [6, 6.07) is 0. The van der Waals surface area contributed by atoms with Crippen LogP contribution in [0.5, 0.6) is 0 Å². The fourth-order valence-electron chi connectivity index (χ4n) is 2.84. The summed E-state index contributed by atoms with van der Waals surface area (Å²) in [4.78, 5) is 11.7. The van der Waals surface area contributed by atoms with E-state index in [2.05, 4.69) is 15.5 Å². The van der Waals surface area contributed by atoms with Crippen molar-refractivity contribution < 1.29 is 19.4 Å². The normalized spacial score (nSPS) is 25.7.